The smallest absolute Gasteiger partial charge is 0.286 e. The molecule has 36 heavy (non-hydrogen) atoms. The van der Waals surface area contributed by atoms with Gasteiger partial charge in [0.25, 0.3) is 5.91 Å². The standard InChI is InChI=1S/C30H32N2O3S/c33-26-6-5-23(14-25(26)30-16-19-11-20(17-30)13-21(12-19)18-30)24-4-2-1-3-22(24)15-27-28(34)31-29(36-27)32-7-9-35-10-8-32/h1-6,14-15,19-21,33H,7-13,16-18H2. The zero-order valence-corrected chi connectivity index (χ0v) is 21.3. The number of phenols is 1. The second kappa shape index (κ2) is 8.77. The number of hydrogen-bond acceptors (Lipinski definition) is 5. The summed E-state index contributed by atoms with van der Waals surface area (Å²) < 4.78 is 5.44. The van der Waals surface area contributed by atoms with E-state index in [0.29, 0.717) is 23.9 Å². The quantitative estimate of drug-likeness (QED) is 0.538. The molecule has 6 aliphatic rings. The minimum Gasteiger partial charge on any atom is -0.508 e. The lowest BCUT2D eigenvalue weighted by atomic mass is 9.48. The number of hydrogen-bond donors (Lipinski definition) is 1. The molecular weight excluding hydrogens is 468 g/mol. The first-order valence-electron chi connectivity index (χ1n) is 13.3. The predicted octanol–water partition coefficient (Wildman–Crippen LogP) is 5.83. The van der Waals surface area contributed by atoms with Crippen LogP contribution in [0.15, 0.2) is 52.4 Å². The van der Waals surface area contributed by atoms with Crippen molar-refractivity contribution in [2.45, 2.75) is 43.9 Å². The summed E-state index contributed by atoms with van der Waals surface area (Å²) in [4.78, 5) is 19.9. The lowest BCUT2D eigenvalue weighted by Crippen LogP contribution is -2.48. The van der Waals surface area contributed by atoms with Gasteiger partial charge in [-0.1, -0.05) is 30.3 Å². The summed E-state index contributed by atoms with van der Waals surface area (Å²) in [6.45, 7) is 2.87. The van der Waals surface area contributed by atoms with Crippen LogP contribution >= 0.6 is 11.8 Å². The van der Waals surface area contributed by atoms with Crippen molar-refractivity contribution in [3.8, 4) is 16.9 Å². The lowest BCUT2D eigenvalue weighted by molar-refractivity contribution is -0.113. The highest BCUT2D eigenvalue weighted by Crippen LogP contribution is 2.62. The van der Waals surface area contributed by atoms with Crippen molar-refractivity contribution in [1.82, 2.24) is 4.90 Å². The third-order valence-electron chi connectivity index (χ3n) is 9.06. The summed E-state index contributed by atoms with van der Waals surface area (Å²) in [7, 11) is 0. The van der Waals surface area contributed by atoms with Crippen LogP contribution in [-0.2, 0) is 14.9 Å². The molecule has 0 unspecified atom stereocenters. The summed E-state index contributed by atoms with van der Waals surface area (Å²) in [5.74, 6) is 2.74. The van der Waals surface area contributed by atoms with Crippen LogP contribution in [0.25, 0.3) is 17.2 Å². The lowest BCUT2D eigenvalue weighted by Gasteiger charge is -2.57. The van der Waals surface area contributed by atoms with E-state index in [-0.39, 0.29) is 11.3 Å². The van der Waals surface area contributed by atoms with Crippen LogP contribution in [0.1, 0.15) is 49.7 Å². The summed E-state index contributed by atoms with van der Waals surface area (Å²) in [6.07, 6.45) is 9.79. The Labute approximate surface area is 216 Å². The molecule has 5 nitrogen and oxygen atoms in total. The maximum Gasteiger partial charge on any atom is 0.286 e. The fraction of sp³-hybridized carbons (Fsp3) is 0.467. The average Bonchev–Trinajstić information content (AvgIpc) is 3.24. The topological polar surface area (TPSA) is 62.1 Å². The van der Waals surface area contributed by atoms with Gasteiger partial charge in [-0.25, -0.2) is 0 Å². The highest BCUT2D eigenvalue weighted by Gasteiger charge is 2.52. The number of amidine groups is 1. The molecule has 4 saturated carbocycles. The molecule has 186 valence electrons. The largest absolute Gasteiger partial charge is 0.508 e. The van der Waals surface area contributed by atoms with Crippen molar-refractivity contribution >= 4 is 28.9 Å². The minimum absolute atomic E-state index is 0.125. The summed E-state index contributed by atoms with van der Waals surface area (Å²) >= 11 is 1.46. The number of morpholine rings is 1. The van der Waals surface area contributed by atoms with Crippen LogP contribution in [0.5, 0.6) is 5.75 Å². The molecule has 2 aromatic rings. The molecule has 8 rings (SSSR count). The molecule has 1 amide bonds. The molecule has 6 heteroatoms. The van der Waals surface area contributed by atoms with Crippen molar-refractivity contribution in [3.05, 3.63) is 58.5 Å². The third-order valence-corrected chi connectivity index (χ3v) is 10.1. The zero-order chi connectivity index (χ0) is 24.3. The van der Waals surface area contributed by atoms with Gasteiger partial charge >= 0.3 is 0 Å². The van der Waals surface area contributed by atoms with E-state index in [1.165, 1.54) is 50.3 Å². The van der Waals surface area contributed by atoms with Crippen molar-refractivity contribution < 1.29 is 14.6 Å². The first-order valence-corrected chi connectivity index (χ1v) is 14.2. The zero-order valence-electron chi connectivity index (χ0n) is 20.5. The normalized spacial score (nSPS) is 32.4. The number of benzene rings is 2. The van der Waals surface area contributed by atoms with Crippen LogP contribution in [0.4, 0.5) is 0 Å². The predicted molar refractivity (Wildman–Crippen MR) is 144 cm³/mol. The molecule has 2 aromatic carbocycles. The SMILES string of the molecule is O=C1N=C(N2CCOCC2)SC1=Cc1ccccc1-c1ccc(O)c(C23CC4CC(CC(C4)C2)C3)c1. The van der Waals surface area contributed by atoms with Gasteiger partial charge in [-0.05, 0) is 108 Å². The highest BCUT2D eigenvalue weighted by atomic mass is 32.2. The summed E-state index contributed by atoms with van der Waals surface area (Å²) in [6, 6.07) is 14.4. The van der Waals surface area contributed by atoms with E-state index in [2.05, 4.69) is 28.1 Å². The van der Waals surface area contributed by atoms with Crippen molar-refractivity contribution in [3.63, 3.8) is 0 Å². The first-order chi connectivity index (χ1) is 17.6. The van der Waals surface area contributed by atoms with Gasteiger partial charge in [0.15, 0.2) is 5.17 Å². The van der Waals surface area contributed by atoms with Gasteiger partial charge in [-0.3, -0.25) is 4.79 Å². The molecule has 4 bridgehead atoms. The molecule has 0 spiro atoms. The fourth-order valence-corrected chi connectivity index (χ4v) is 8.84. The Hall–Kier alpha value is -2.57. The number of aliphatic imine (C=N–C) groups is 1. The number of aromatic hydroxyl groups is 1. The van der Waals surface area contributed by atoms with Gasteiger partial charge in [-0.2, -0.15) is 4.99 Å². The first kappa shape index (κ1) is 22.6. The Morgan fingerprint density at radius 2 is 1.69 bits per heavy atom. The summed E-state index contributed by atoms with van der Waals surface area (Å²) in [5, 5.41) is 11.8. The van der Waals surface area contributed by atoms with Crippen molar-refractivity contribution in [1.29, 1.82) is 0 Å². The Morgan fingerprint density at radius 1 is 1.00 bits per heavy atom. The fourth-order valence-electron chi connectivity index (χ4n) is 7.88. The molecule has 0 aromatic heterocycles. The van der Waals surface area contributed by atoms with E-state index in [1.807, 2.05) is 30.3 Å². The molecule has 0 radical (unpaired) electrons. The number of carbonyl (C=O) groups excluding carboxylic acids is 1. The number of rotatable bonds is 3. The Kier molecular flexibility index (Phi) is 5.51. The molecule has 0 atom stereocenters. The van der Waals surface area contributed by atoms with Gasteiger partial charge in [0.2, 0.25) is 0 Å². The van der Waals surface area contributed by atoms with Gasteiger partial charge < -0.3 is 14.7 Å². The van der Waals surface area contributed by atoms with E-state index in [4.69, 9.17) is 4.74 Å². The molecular formula is C30H32N2O3S. The van der Waals surface area contributed by atoms with Gasteiger partial charge in [0.1, 0.15) is 5.75 Å². The number of ether oxygens (including phenoxy) is 1. The van der Waals surface area contributed by atoms with Crippen LogP contribution in [0.2, 0.25) is 0 Å². The van der Waals surface area contributed by atoms with Crippen LogP contribution < -0.4 is 0 Å². The van der Waals surface area contributed by atoms with Crippen molar-refractivity contribution in [2.24, 2.45) is 22.7 Å². The highest BCUT2D eigenvalue weighted by molar-refractivity contribution is 8.18. The molecule has 1 N–H and O–H groups in total. The average molecular weight is 501 g/mol. The maximum atomic E-state index is 12.8. The number of nitrogens with zero attached hydrogens (tertiary/aromatic N) is 2. The number of carbonyl (C=O) groups is 1. The van der Waals surface area contributed by atoms with Crippen LogP contribution in [0, 0.1) is 17.8 Å². The number of phenolic OH excluding ortho intramolecular Hbond substituents is 1. The number of thioether (sulfide) groups is 1. The van der Waals surface area contributed by atoms with Gasteiger partial charge in [-0.15, -0.1) is 0 Å². The minimum atomic E-state index is -0.170. The van der Waals surface area contributed by atoms with Crippen LogP contribution in [0.3, 0.4) is 0 Å². The Balaban J connectivity index is 1.21. The van der Waals surface area contributed by atoms with Crippen LogP contribution in [-0.4, -0.2) is 47.4 Å². The van der Waals surface area contributed by atoms with E-state index < -0.39 is 0 Å². The Morgan fingerprint density at radius 3 is 2.42 bits per heavy atom. The molecule has 4 aliphatic carbocycles. The molecule has 2 heterocycles. The van der Waals surface area contributed by atoms with E-state index >= 15 is 0 Å². The van der Waals surface area contributed by atoms with E-state index in [9.17, 15) is 9.90 Å². The Bertz CT molecular complexity index is 1240. The van der Waals surface area contributed by atoms with Crippen molar-refractivity contribution in [2.75, 3.05) is 26.3 Å². The van der Waals surface area contributed by atoms with E-state index in [1.54, 1.807) is 0 Å². The third kappa shape index (κ3) is 3.90. The monoisotopic (exact) mass is 500 g/mol. The summed E-state index contributed by atoms with van der Waals surface area (Å²) in [5.41, 5.74) is 4.47. The molecule has 2 aliphatic heterocycles. The molecule has 5 fully saturated rings. The molecule has 1 saturated heterocycles. The second-order valence-corrected chi connectivity index (χ2v) is 12.4. The second-order valence-electron chi connectivity index (χ2n) is 11.4. The maximum absolute atomic E-state index is 12.8. The van der Waals surface area contributed by atoms with Gasteiger partial charge in [0.05, 0.1) is 18.1 Å². The number of amides is 1. The van der Waals surface area contributed by atoms with E-state index in [0.717, 1.165) is 58.3 Å². The van der Waals surface area contributed by atoms with Gasteiger partial charge in [0, 0.05) is 18.7 Å².